The van der Waals surface area contributed by atoms with E-state index in [4.69, 9.17) is 10.8 Å². The van der Waals surface area contributed by atoms with Crippen molar-refractivity contribution in [1.82, 2.24) is 5.32 Å². The van der Waals surface area contributed by atoms with E-state index in [0.717, 1.165) is 12.8 Å². The van der Waals surface area contributed by atoms with Crippen LogP contribution < -0.4 is 11.1 Å². The Hall–Kier alpha value is -1.10. The fourth-order valence-electron chi connectivity index (χ4n) is 1.68. The van der Waals surface area contributed by atoms with Gasteiger partial charge >= 0.3 is 5.97 Å². The summed E-state index contributed by atoms with van der Waals surface area (Å²) >= 11 is 0. The van der Waals surface area contributed by atoms with Gasteiger partial charge in [-0.2, -0.15) is 0 Å². The van der Waals surface area contributed by atoms with Crippen molar-refractivity contribution >= 4 is 11.9 Å². The summed E-state index contributed by atoms with van der Waals surface area (Å²) in [5.41, 5.74) is 5.03. The van der Waals surface area contributed by atoms with Crippen LogP contribution in [0.15, 0.2) is 0 Å². The minimum absolute atomic E-state index is 0.206. The maximum atomic E-state index is 11.8. The number of aliphatic carboxylic acids is 1. The topological polar surface area (TPSA) is 92.4 Å². The molecule has 0 aromatic heterocycles. The lowest BCUT2D eigenvalue weighted by Gasteiger charge is -2.19. The minimum atomic E-state index is -0.977. The van der Waals surface area contributed by atoms with Crippen molar-refractivity contribution in [2.75, 3.05) is 6.54 Å². The van der Waals surface area contributed by atoms with Gasteiger partial charge in [0.25, 0.3) is 0 Å². The van der Waals surface area contributed by atoms with Crippen molar-refractivity contribution in [3.05, 3.63) is 0 Å². The highest BCUT2D eigenvalue weighted by atomic mass is 16.4. The molecule has 0 aromatic rings. The number of carbonyl (C=O) groups excluding carboxylic acids is 1. The third kappa shape index (κ3) is 2.95. The van der Waals surface area contributed by atoms with Gasteiger partial charge in [-0.05, 0) is 25.2 Å². The van der Waals surface area contributed by atoms with E-state index in [1.807, 2.05) is 13.8 Å². The van der Waals surface area contributed by atoms with Crippen LogP contribution in [0, 0.1) is 11.3 Å². The van der Waals surface area contributed by atoms with E-state index in [-0.39, 0.29) is 11.8 Å². The average molecular weight is 228 g/mol. The highest BCUT2D eigenvalue weighted by Crippen LogP contribution is 2.44. The molecule has 4 N–H and O–H groups in total. The Kier molecular flexibility index (Phi) is 3.91. The van der Waals surface area contributed by atoms with Gasteiger partial charge in [0.2, 0.25) is 5.91 Å². The number of carbonyl (C=O) groups is 2. The normalized spacial score (nSPS) is 19.2. The van der Waals surface area contributed by atoms with E-state index >= 15 is 0 Å². The lowest BCUT2D eigenvalue weighted by molar-refractivity contribution is -0.143. The quantitative estimate of drug-likeness (QED) is 0.611. The Morgan fingerprint density at radius 1 is 1.44 bits per heavy atom. The van der Waals surface area contributed by atoms with Crippen LogP contribution in [0.3, 0.4) is 0 Å². The van der Waals surface area contributed by atoms with Gasteiger partial charge in [0.05, 0.1) is 5.41 Å². The molecule has 1 unspecified atom stereocenters. The van der Waals surface area contributed by atoms with Crippen LogP contribution >= 0.6 is 0 Å². The summed E-state index contributed by atoms with van der Waals surface area (Å²) in [6.45, 7) is 4.16. The van der Waals surface area contributed by atoms with E-state index < -0.39 is 17.4 Å². The van der Waals surface area contributed by atoms with Crippen molar-refractivity contribution in [3.63, 3.8) is 0 Å². The number of carboxylic acids is 1. The second kappa shape index (κ2) is 4.82. The lowest BCUT2D eigenvalue weighted by Crippen LogP contribution is -2.46. The number of hydrogen-bond donors (Lipinski definition) is 3. The SMILES string of the molecule is CC(C)CC(NC(=O)C1(CN)CC1)C(=O)O. The van der Waals surface area contributed by atoms with Gasteiger partial charge in [0.15, 0.2) is 0 Å². The summed E-state index contributed by atoms with van der Waals surface area (Å²) in [7, 11) is 0. The zero-order valence-electron chi connectivity index (χ0n) is 9.82. The van der Waals surface area contributed by atoms with Crippen LogP contribution in [0.1, 0.15) is 33.1 Å². The van der Waals surface area contributed by atoms with Crippen LogP contribution in [0.25, 0.3) is 0 Å². The maximum absolute atomic E-state index is 11.8. The smallest absolute Gasteiger partial charge is 0.326 e. The van der Waals surface area contributed by atoms with Gasteiger partial charge < -0.3 is 16.2 Å². The molecule has 0 spiro atoms. The van der Waals surface area contributed by atoms with E-state index in [9.17, 15) is 9.59 Å². The summed E-state index contributed by atoms with van der Waals surface area (Å²) < 4.78 is 0. The summed E-state index contributed by atoms with van der Waals surface area (Å²) in [6.07, 6.45) is 1.98. The first-order valence-corrected chi connectivity index (χ1v) is 5.65. The summed E-state index contributed by atoms with van der Waals surface area (Å²) in [5.74, 6) is -0.952. The Labute approximate surface area is 95.4 Å². The van der Waals surface area contributed by atoms with Gasteiger partial charge in [0, 0.05) is 6.54 Å². The molecule has 1 amide bonds. The van der Waals surface area contributed by atoms with E-state index in [2.05, 4.69) is 5.32 Å². The molecule has 1 fully saturated rings. The molecule has 1 atom stereocenters. The molecule has 5 heteroatoms. The van der Waals surface area contributed by atoms with E-state index in [1.54, 1.807) is 0 Å². The largest absolute Gasteiger partial charge is 0.480 e. The molecule has 1 aliphatic carbocycles. The molecule has 1 aliphatic rings. The molecule has 0 aliphatic heterocycles. The molecule has 0 saturated heterocycles. The van der Waals surface area contributed by atoms with Gasteiger partial charge in [-0.1, -0.05) is 13.8 Å². The van der Waals surface area contributed by atoms with Crippen LogP contribution in [-0.4, -0.2) is 29.6 Å². The maximum Gasteiger partial charge on any atom is 0.326 e. The fourth-order valence-corrected chi connectivity index (χ4v) is 1.68. The highest BCUT2D eigenvalue weighted by Gasteiger charge is 2.49. The van der Waals surface area contributed by atoms with E-state index in [1.165, 1.54) is 0 Å². The number of carboxylic acid groups (broad SMARTS) is 1. The van der Waals surface area contributed by atoms with Gasteiger partial charge in [0.1, 0.15) is 6.04 Å². The molecule has 0 radical (unpaired) electrons. The Balaban J connectivity index is 2.55. The number of hydrogen-bond acceptors (Lipinski definition) is 3. The standard InChI is InChI=1S/C11H20N2O3/c1-7(2)5-8(9(14)15)13-10(16)11(6-12)3-4-11/h7-8H,3-6,12H2,1-2H3,(H,13,16)(H,14,15). The monoisotopic (exact) mass is 228 g/mol. The van der Waals surface area contributed by atoms with Crippen molar-refractivity contribution in [1.29, 1.82) is 0 Å². The number of amides is 1. The predicted molar refractivity (Wildman–Crippen MR) is 59.7 cm³/mol. The molecule has 0 bridgehead atoms. The summed E-state index contributed by atoms with van der Waals surface area (Å²) in [5, 5.41) is 11.6. The molecule has 16 heavy (non-hydrogen) atoms. The van der Waals surface area contributed by atoms with E-state index in [0.29, 0.717) is 13.0 Å². The predicted octanol–water partition coefficient (Wildman–Crippen LogP) is 0.341. The Bertz CT molecular complexity index is 285. The first-order chi connectivity index (χ1) is 7.41. The van der Waals surface area contributed by atoms with Gasteiger partial charge in [-0.25, -0.2) is 4.79 Å². The Morgan fingerprint density at radius 2 is 2.00 bits per heavy atom. The number of nitrogens with two attached hydrogens (primary N) is 1. The summed E-state index contributed by atoms with van der Waals surface area (Å²) in [6, 6.07) is -0.795. The number of nitrogens with one attached hydrogen (secondary N) is 1. The molecule has 0 heterocycles. The van der Waals surface area contributed by atoms with Crippen molar-refractivity contribution < 1.29 is 14.7 Å². The van der Waals surface area contributed by atoms with Crippen molar-refractivity contribution in [3.8, 4) is 0 Å². The highest BCUT2D eigenvalue weighted by molar-refractivity contribution is 5.89. The zero-order valence-corrected chi connectivity index (χ0v) is 9.82. The van der Waals surface area contributed by atoms with Gasteiger partial charge in [-0.3, -0.25) is 4.79 Å². The van der Waals surface area contributed by atoms with Crippen LogP contribution in [0.2, 0.25) is 0 Å². The van der Waals surface area contributed by atoms with Crippen molar-refractivity contribution in [2.45, 2.75) is 39.2 Å². The molecular formula is C11H20N2O3. The molecule has 92 valence electrons. The third-order valence-electron chi connectivity index (χ3n) is 3.04. The third-order valence-corrected chi connectivity index (χ3v) is 3.04. The molecule has 1 rings (SSSR count). The van der Waals surface area contributed by atoms with Crippen LogP contribution in [0.4, 0.5) is 0 Å². The Morgan fingerprint density at radius 3 is 2.31 bits per heavy atom. The second-order valence-corrected chi connectivity index (χ2v) is 4.98. The zero-order chi connectivity index (χ0) is 12.3. The first kappa shape index (κ1) is 13.0. The minimum Gasteiger partial charge on any atom is -0.480 e. The summed E-state index contributed by atoms with van der Waals surface area (Å²) in [4.78, 5) is 22.8. The number of rotatable bonds is 6. The van der Waals surface area contributed by atoms with Crippen molar-refractivity contribution in [2.24, 2.45) is 17.1 Å². The molecule has 0 aromatic carbocycles. The fraction of sp³-hybridized carbons (Fsp3) is 0.818. The van der Waals surface area contributed by atoms with Crippen LogP contribution in [0.5, 0.6) is 0 Å². The molecular weight excluding hydrogens is 208 g/mol. The molecule has 1 saturated carbocycles. The first-order valence-electron chi connectivity index (χ1n) is 5.65. The second-order valence-electron chi connectivity index (χ2n) is 4.98. The van der Waals surface area contributed by atoms with Gasteiger partial charge in [-0.15, -0.1) is 0 Å². The lowest BCUT2D eigenvalue weighted by atomic mass is 10.0. The molecule has 5 nitrogen and oxygen atoms in total. The average Bonchev–Trinajstić information content (AvgIpc) is 2.96. The van der Waals surface area contributed by atoms with Crippen LogP contribution in [-0.2, 0) is 9.59 Å².